The molecule has 3 fully saturated rings. The molecule has 1 aromatic rings. The maximum atomic E-state index is 13.1. The number of rotatable bonds is 5. The molecular weight excluding hydrogens is 400 g/mol. The van der Waals surface area contributed by atoms with Crippen molar-refractivity contribution in [2.24, 2.45) is 0 Å². The average Bonchev–Trinajstić information content (AvgIpc) is 2.99. The molecule has 9 nitrogen and oxygen atoms in total. The Bertz CT molecular complexity index is 936. The summed E-state index contributed by atoms with van der Waals surface area (Å²) >= 11 is 0. The average molecular weight is 426 g/mol. The Morgan fingerprint density at radius 3 is 2.48 bits per heavy atom. The summed E-state index contributed by atoms with van der Waals surface area (Å²) in [4.78, 5) is 50.7. The fourth-order valence-electron chi connectivity index (χ4n) is 4.85. The van der Waals surface area contributed by atoms with Crippen molar-refractivity contribution in [2.45, 2.75) is 62.8 Å². The number of hydrogen-bond acceptors (Lipinski definition) is 7. The van der Waals surface area contributed by atoms with Gasteiger partial charge in [0, 0.05) is 18.2 Å². The molecule has 0 aromatic heterocycles. The van der Waals surface area contributed by atoms with Crippen LogP contribution in [0.5, 0.6) is 0 Å². The van der Waals surface area contributed by atoms with Gasteiger partial charge < -0.3 is 15.4 Å². The van der Waals surface area contributed by atoms with Gasteiger partial charge in [0.1, 0.15) is 6.04 Å². The molecule has 0 radical (unpaired) electrons. The van der Waals surface area contributed by atoms with Crippen LogP contribution in [0, 0.1) is 0 Å². The predicted molar refractivity (Wildman–Crippen MR) is 111 cm³/mol. The van der Waals surface area contributed by atoms with Gasteiger partial charge in [-0.1, -0.05) is 6.07 Å². The summed E-state index contributed by atoms with van der Waals surface area (Å²) in [6.45, 7) is 1.99. The van der Waals surface area contributed by atoms with Crippen LogP contribution in [-0.2, 0) is 14.3 Å². The first-order valence-electron chi connectivity index (χ1n) is 11.0. The summed E-state index contributed by atoms with van der Waals surface area (Å²) in [6.07, 6.45) is 4.57. The second-order valence-electron chi connectivity index (χ2n) is 8.70. The van der Waals surface area contributed by atoms with E-state index in [0.717, 1.165) is 43.7 Å². The quantitative estimate of drug-likeness (QED) is 0.596. The van der Waals surface area contributed by atoms with Gasteiger partial charge in [0.2, 0.25) is 11.8 Å². The van der Waals surface area contributed by atoms with Gasteiger partial charge in [-0.2, -0.15) is 0 Å². The summed E-state index contributed by atoms with van der Waals surface area (Å²) in [6, 6.07) is 4.35. The fourth-order valence-corrected chi connectivity index (χ4v) is 4.85. The molecule has 1 aromatic carbocycles. The molecule has 4 amide bonds. The van der Waals surface area contributed by atoms with Gasteiger partial charge in [-0.15, -0.1) is 0 Å². The van der Waals surface area contributed by atoms with Crippen molar-refractivity contribution in [1.29, 1.82) is 0 Å². The molecule has 3 N–H and O–H groups in total. The van der Waals surface area contributed by atoms with Crippen LogP contribution in [0.25, 0.3) is 0 Å². The highest BCUT2D eigenvalue weighted by molar-refractivity contribution is 6.25. The highest BCUT2D eigenvalue weighted by Crippen LogP contribution is 2.35. The Kier molecular flexibility index (Phi) is 5.23. The highest BCUT2D eigenvalue weighted by Gasteiger charge is 2.46. The lowest BCUT2D eigenvalue weighted by Gasteiger charge is -2.39. The Labute approximate surface area is 179 Å². The standard InChI is InChI=1S/C22H26N4O5/c27-18-5-4-17(20(28)25-18)26-21(29)15-2-1-3-16(19(15)22(26)30)24-12-10-14(11-12)31-13-6-8-23-9-7-13/h1-3,12-14,17,23-24H,4-11H2,(H,25,27,28). The third kappa shape index (κ3) is 3.72. The van der Waals surface area contributed by atoms with Gasteiger partial charge in [-0.25, -0.2) is 0 Å². The first kappa shape index (κ1) is 20.1. The summed E-state index contributed by atoms with van der Waals surface area (Å²) < 4.78 is 6.16. The van der Waals surface area contributed by atoms with Crippen LogP contribution in [0.3, 0.4) is 0 Å². The molecule has 0 spiro atoms. The zero-order valence-corrected chi connectivity index (χ0v) is 17.2. The molecule has 1 saturated carbocycles. The first-order valence-corrected chi connectivity index (χ1v) is 11.0. The van der Waals surface area contributed by atoms with Crippen molar-refractivity contribution in [2.75, 3.05) is 18.4 Å². The number of benzene rings is 1. The predicted octanol–water partition coefficient (Wildman–Crippen LogP) is 0.799. The second kappa shape index (κ2) is 8.05. The minimum absolute atomic E-state index is 0.107. The van der Waals surface area contributed by atoms with E-state index in [4.69, 9.17) is 4.74 Å². The van der Waals surface area contributed by atoms with Crippen molar-refractivity contribution in [1.82, 2.24) is 15.5 Å². The lowest BCUT2D eigenvalue weighted by Crippen LogP contribution is -2.54. The Balaban J connectivity index is 1.26. The molecule has 4 aliphatic rings. The molecule has 1 aliphatic carbocycles. The molecule has 3 aliphatic heterocycles. The first-order chi connectivity index (χ1) is 15.0. The van der Waals surface area contributed by atoms with Crippen LogP contribution in [0.4, 0.5) is 5.69 Å². The van der Waals surface area contributed by atoms with E-state index in [0.29, 0.717) is 22.9 Å². The SMILES string of the molecule is O=C1CCC(N2C(=O)c3cccc(NC4CC(OC5CCNCC5)C4)c3C2=O)C(=O)N1. The number of ether oxygens (including phenoxy) is 1. The van der Waals surface area contributed by atoms with Gasteiger partial charge >= 0.3 is 0 Å². The molecule has 9 heteroatoms. The lowest BCUT2D eigenvalue weighted by atomic mass is 9.88. The van der Waals surface area contributed by atoms with Gasteiger partial charge in [0.05, 0.1) is 23.3 Å². The van der Waals surface area contributed by atoms with E-state index >= 15 is 0 Å². The van der Waals surface area contributed by atoms with E-state index in [1.54, 1.807) is 18.2 Å². The molecule has 1 unspecified atom stereocenters. The molecule has 2 saturated heterocycles. The van der Waals surface area contributed by atoms with Crippen LogP contribution < -0.4 is 16.0 Å². The van der Waals surface area contributed by atoms with Crippen LogP contribution in [0.15, 0.2) is 18.2 Å². The lowest BCUT2D eigenvalue weighted by molar-refractivity contribution is -0.136. The van der Waals surface area contributed by atoms with E-state index in [1.165, 1.54) is 0 Å². The smallest absolute Gasteiger partial charge is 0.264 e. The minimum atomic E-state index is -0.954. The zero-order valence-electron chi connectivity index (χ0n) is 17.2. The Morgan fingerprint density at radius 1 is 0.968 bits per heavy atom. The summed E-state index contributed by atoms with van der Waals surface area (Å²) in [5.41, 5.74) is 1.21. The van der Waals surface area contributed by atoms with Crippen molar-refractivity contribution in [3.8, 4) is 0 Å². The normalized spacial score (nSPS) is 28.9. The number of carbonyl (C=O) groups is 4. The number of imide groups is 2. The summed E-state index contributed by atoms with van der Waals surface area (Å²) in [7, 11) is 0. The number of hydrogen-bond donors (Lipinski definition) is 3. The zero-order chi connectivity index (χ0) is 21.5. The van der Waals surface area contributed by atoms with Gasteiger partial charge in [0.15, 0.2) is 0 Å². The van der Waals surface area contributed by atoms with Crippen LogP contribution in [0.1, 0.15) is 59.2 Å². The van der Waals surface area contributed by atoms with E-state index in [9.17, 15) is 19.2 Å². The fraction of sp³-hybridized carbons (Fsp3) is 0.545. The maximum Gasteiger partial charge on any atom is 0.264 e. The van der Waals surface area contributed by atoms with Crippen molar-refractivity contribution >= 4 is 29.3 Å². The third-order valence-electron chi connectivity index (χ3n) is 6.59. The van der Waals surface area contributed by atoms with Crippen molar-refractivity contribution in [3.05, 3.63) is 29.3 Å². The second-order valence-corrected chi connectivity index (χ2v) is 8.70. The monoisotopic (exact) mass is 426 g/mol. The van der Waals surface area contributed by atoms with Crippen LogP contribution in [0.2, 0.25) is 0 Å². The summed E-state index contributed by atoms with van der Waals surface area (Å²) in [5, 5.41) is 8.94. The van der Waals surface area contributed by atoms with E-state index in [-0.39, 0.29) is 30.9 Å². The Hall–Kier alpha value is -2.78. The van der Waals surface area contributed by atoms with E-state index in [2.05, 4.69) is 16.0 Å². The van der Waals surface area contributed by atoms with Gasteiger partial charge in [0.25, 0.3) is 11.8 Å². The van der Waals surface area contributed by atoms with E-state index in [1.807, 2.05) is 0 Å². The number of nitrogens with zero attached hydrogens (tertiary/aromatic N) is 1. The van der Waals surface area contributed by atoms with Crippen molar-refractivity contribution in [3.63, 3.8) is 0 Å². The van der Waals surface area contributed by atoms with Gasteiger partial charge in [-0.3, -0.25) is 29.4 Å². The minimum Gasteiger partial charge on any atom is -0.381 e. The third-order valence-corrected chi connectivity index (χ3v) is 6.59. The topological polar surface area (TPSA) is 117 Å². The number of nitrogens with one attached hydrogen (secondary N) is 3. The van der Waals surface area contributed by atoms with Crippen LogP contribution >= 0.6 is 0 Å². The molecule has 0 bridgehead atoms. The molecule has 3 heterocycles. The number of fused-ring (bicyclic) bond motifs is 1. The van der Waals surface area contributed by atoms with Gasteiger partial charge in [-0.05, 0) is 57.3 Å². The number of carbonyl (C=O) groups excluding carboxylic acids is 4. The highest BCUT2D eigenvalue weighted by atomic mass is 16.5. The summed E-state index contributed by atoms with van der Waals surface area (Å²) in [5.74, 6) is -1.96. The van der Waals surface area contributed by atoms with E-state index < -0.39 is 23.8 Å². The number of piperidine rings is 2. The largest absolute Gasteiger partial charge is 0.381 e. The molecule has 1 atom stereocenters. The van der Waals surface area contributed by atoms with Crippen molar-refractivity contribution < 1.29 is 23.9 Å². The number of amides is 4. The molecule has 164 valence electrons. The molecule has 31 heavy (non-hydrogen) atoms. The van der Waals surface area contributed by atoms with Crippen LogP contribution in [-0.4, -0.2) is 65.9 Å². The molecule has 5 rings (SSSR count). The molecular formula is C22H26N4O5. The number of anilines is 1. The maximum absolute atomic E-state index is 13.1. The Morgan fingerprint density at radius 2 is 1.74 bits per heavy atom.